The third-order valence-corrected chi connectivity index (χ3v) is 3.76. The first-order valence-corrected chi connectivity index (χ1v) is 8.45. The van der Waals surface area contributed by atoms with Crippen molar-refractivity contribution in [1.82, 2.24) is 4.90 Å². The first kappa shape index (κ1) is 20.2. The largest absolute Gasteiger partial charge is 0.493 e. The lowest BCUT2D eigenvalue weighted by atomic mass is 10.2. The first-order valence-electron chi connectivity index (χ1n) is 8.45. The van der Waals surface area contributed by atoms with Gasteiger partial charge in [0.25, 0.3) is 5.69 Å². The van der Waals surface area contributed by atoms with Gasteiger partial charge in [-0.25, -0.2) is 0 Å². The van der Waals surface area contributed by atoms with Crippen LogP contribution in [0.5, 0.6) is 11.5 Å². The summed E-state index contributed by atoms with van der Waals surface area (Å²) < 4.78 is 10.8. The van der Waals surface area contributed by atoms with Crippen LogP contribution in [-0.2, 0) is 11.3 Å². The van der Waals surface area contributed by atoms with Crippen LogP contribution in [-0.4, -0.2) is 43.0 Å². The Morgan fingerprint density at radius 1 is 1.19 bits per heavy atom. The predicted octanol–water partition coefficient (Wildman–Crippen LogP) is 3.07. The molecule has 0 saturated heterocycles. The molecule has 1 amide bonds. The summed E-state index contributed by atoms with van der Waals surface area (Å²) in [6, 6.07) is 11.4. The molecule has 0 aliphatic rings. The van der Waals surface area contributed by atoms with E-state index in [0.717, 1.165) is 5.56 Å². The van der Waals surface area contributed by atoms with Gasteiger partial charge in [0.1, 0.15) is 0 Å². The maximum Gasteiger partial charge on any atom is 0.269 e. The molecule has 0 fully saturated rings. The van der Waals surface area contributed by atoms with E-state index in [4.69, 9.17) is 9.47 Å². The van der Waals surface area contributed by atoms with E-state index in [1.165, 1.54) is 24.3 Å². The van der Waals surface area contributed by atoms with Gasteiger partial charge in [-0.1, -0.05) is 6.07 Å². The highest BCUT2D eigenvalue weighted by Crippen LogP contribution is 2.28. The standard InChI is InChI=1S/C19H23N3O5/c1-4-27-17-10-5-14(11-18(17)26-3)12-21(2)13-19(23)20-15-6-8-16(9-7-15)22(24)25/h5-11H,4,12-13H2,1-3H3,(H,20,23). The molecule has 8 nitrogen and oxygen atoms in total. The van der Waals surface area contributed by atoms with Crippen LogP contribution in [0.25, 0.3) is 0 Å². The van der Waals surface area contributed by atoms with Crippen LogP contribution >= 0.6 is 0 Å². The summed E-state index contributed by atoms with van der Waals surface area (Å²) >= 11 is 0. The average molecular weight is 373 g/mol. The number of nitro benzene ring substituents is 1. The number of nitrogens with zero attached hydrogens (tertiary/aromatic N) is 2. The SMILES string of the molecule is CCOc1ccc(CN(C)CC(=O)Nc2ccc([N+](=O)[O-])cc2)cc1OC. The molecule has 27 heavy (non-hydrogen) atoms. The summed E-state index contributed by atoms with van der Waals surface area (Å²) in [6.45, 7) is 3.19. The first-order chi connectivity index (χ1) is 12.9. The normalized spacial score (nSPS) is 10.5. The lowest BCUT2D eigenvalue weighted by Gasteiger charge is -2.17. The molecule has 0 aliphatic heterocycles. The maximum atomic E-state index is 12.2. The molecule has 2 aromatic rings. The van der Waals surface area contributed by atoms with Gasteiger partial charge < -0.3 is 14.8 Å². The third-order valence-electron chi connectivity index (χ3n) is 3.76. The number of likely N-dealkylation sites (N-methyl/N-ethyl adjacent to an activating group) is 1. The predicted molar refractivity (Wildman–Crippen MR) is 102 cm³/mol. The van der Waals surface area contributed by atoms with Crippen molar-refractivity contribution in [1.29, 1.82) is 0 Å². The second-order valence-corrected chi connectivity index (χ2v) is 5.94. The smallest absolute Gasteiger partial charge is 0.269 e. The highest BCUT2D eigenvalue weighted by atomic mass is 16.6. The van der Waals surface area contributed by atoms with Gasteiger partial charge in [-0.05, 0) is 43.8 Å². The highest BCUT2D eigenvalue weighted by Gasteiger charge is 2.11. The molecule has 0 radical (unpaired) electrons. The lowest BCUT2D eigenvalue weighted by Crippen LogP contribution is -2.29. The number of carbonyl (C=O) groups excluding carboxylic acids is 1. The molecule has 144 valence electrons. The molecule has 0 heterocycles. The number of nitrogens with one attached hydrogen (secondary N) is 1. The van der Waals surface area contributed by atoms with Crippen LogP contribution < -0.4 is 14.8 Å². The Balaban J connectivity index is 1.91. The van der Waals surface area contributed by atoms with E-state index < -0.39 is 4.92 Å². The molecule has 1 N–H and O–H groups in total. The van der Waals surface area contributed by atoms with E-state index in [1.54, 1.807) is 7.11 Å². The van der Waals surface area contributed by atoms with Crippen LogP contribution in [0.4, 0.5) is 11.4 Å². The van der Waals surface area contributed by atoms with E-state index in [1.807, 2.05) is 37.1 Å². The highest BCUT2D eigenvalue weighted by molar-refractivity contribution is 5.92. The van der Waals surface area contributed by atoms with E-state index in [0.29, 0.717) is 30.3 Å². The van der Waals surface area contributed by atoms with Gasteiger partial charge in [-0.2, -0.15) is 0 Å². The Morgan fingerprint density at radius 2 is 1.89 bits per heavy atom. The molecule has 2 aromatic carbocycles. The number of nitro groups is 1. The van der Waals surface area contributed by atoms with Crippen molar-refractivity contribution in [2.45, 2.75) is 13.5 Å². The number of hydrogen-bond acceptors (Lipinski definition) is 6. The molecule has 0 unspecified atom stereocenters. The van der Waals surface area contributed by atoms with Gasteiger partial charge in [0.2, 0.25) is 5.91 Å². The Morgan fingerprint density at radius 3 is 2.48 bits per heavy atom. The Hall–Kier alpha value is -3.13. The molecular formula is C19H23N3O5. The van der Waals surface area contributed by atoms with Crippen LogP contribution in [0.1, 0.15) is 12.5 Å². The van der Waals surface area contributed by atoms with Crippen molar-refractivity contribution in [3.8, 4) is 11.5 Å². The molecule has 2 rings (SSSR count). The van der Waals surface area contributed by atoms with Crippen molar-refractivity contribution in [3.63, 3.8) is 0 Å². The second kappa shape index (κ2) is 9.54. The molecule has 0 aliphatic carbocycles. The number of amides is 1. The van der Waals surface area contributed by atoms with Crippen molar-refractivity contribution in [2.75, 3.05) is 32.6 Å². The van der Waals surface area contributed by atoms with Gasteiger partial charge in [-0.3, -0.25) is 19.8 Å². The van der Waals surface area contributed by atoms with Crippen LogP contribution in [0, 0.1) is 10.1 Å². The van der Waals surface area contributed by atoms with Gasteiger partial charge >= 0.3 is 0 Å². The van der Waals surface area contributed by atoms with Gasteiger partial charge in [-0.15, -0.1) is 0 Å². The maximum absolute atomic E-state index is 12.2. The zero-order valence-corrected chi connectivity index (χ0v) is 15.6. The van der Waals surface area contributed by atoms with Crippen molar-refractivity contribution >= 4 is 17.3 Å². The van der Waals surface area contributed by atoms with Gasteiger partial charge in [0, 0.05) is 24.4 Å². The monoisotopic (exact) mass is 373 g/mol. The summed E-state index contributed by atoms with van der Waals surface area (Å²) in [6.07, 6.45) is 0. The topological polar surface area (TPSA) is 93.9 Å². The number of benzene rings is 2. The average Bonchev–Trinajstić information content (AvgIpc) is 2.63. The van der Waals surface area contributed by atoms with Crippen molar-refractivity contribution in [3.05, 3.63) is 58.1 Å². The number of non-ortho nitro benzene ring substituents is 1. The number of methoxy groups -OCH3 is 1. The second-order valence-electron chi connectivity index (χ2n) is 5.94. The minimum Gasteiger partial charge on any atom is -0.493 e. The van der Waals surface area contributed by atoms with E-state index in [2.05, 4.69) is 5.32 Å². The van der Waals surface area contributed by atoms with E-state index >= 15 is 0 Å². The molecule has 0 bridgehead atoms. The van der Waals surface area contributed by atoms with Gasteiger partial charge in [0.15, 0.2) is 11.5 Å². The molecule has 0 aromatic heterocycles. The van der Waals surface area contributed by atoms with Crippen LogP contribution in [0.15, 0.2) is 42.5 Å². The Bertz CT molecular complexity index is 792. The van der Waals surface area contributed by atoms with Crippen molar-refractivity contribution in [2.24, 2.45) is 0 Å². The number of carbonyl (C=O) groups is 1. The minimum atomic E-state index is -0.482. The van der Waals surface area contributed by atoms with Crippen LogP contribution in [0.3, 0.4) is 0 Å². The fourth-order valence-corrected chi connectivity index (χ4v) is 2.56. The van der Waals surface area contributed by atoms with Gasteiger partial charge in [0.05, 0.1) is 25.2 Å². The minimum absolute atomic E-state index is 0.0189. The molecule has 0 saturated carbocycles. The summed E-state index contributed by atoms with van der Waals surface area (Å²) in [5.74, 6) is 1.13. The zero-order valence-electron chi connectivity index (χ0n) is 15.6. The molecule has 0 atom stereocenters. The Labute approximate surface area is 157 Å². The fraction of sp³-hybridized carbons (Fsp3) is 0.316. The lowest BCUT2D eigenvalue weighted by molar-refractivity contribution is -0.384. The fourth-order valence-electron chi connectivity index (χ4n) is 2.56. The van der Waals surface area contributed by atoms with E-state index in [-0.39, 0.29) is 18.1 Å². The quantitative estimate of drug-likeness (QED) is 0.536. The summed E-state index contributed by atoms with van der Waals surface area (Å²) in [4.78, 5) is 24.2. The Kier molecular flexibility index (Phi) is 7.13. The third kappa shape index (κ3) is 5.96. The summed E-state index contributed by atoms with van der Waals surface area (Å²) in [5, 5.41) is 13.4. The van der Waals surface area contributed by atoms with E-state index in [9.17, 15) is 14.9 Å². The van der Waals surface area contributed by atoms with Crippen molar-refractivity contribution < 1.29 is 19.2 Å². The number of hydrogen-bond donors (Lipinski definition) is 1. The summed E-state index contributed by atoms with van der Waals surface area (Å²) in [7, 11) is 3.42. The molecular weight excluding hydrogens is 350 g/mol. The number of rotatable bonds is 9. The number of anilines is 1. The van der Waals surface area contributed by atoms with Crippen LogP contribution in [0.2, 0.25) is 0 Å². The molecule has 0 spiro atoms. The summed E-state index contributed by atoms with van der Waals surface area (Å²) in [5.41, 5.74) is 1.48. The molecule has 8 heteroatoms. The zero-order chi connectivity index (χ0) is 19.8. The number of ether oxygens (including phenoxy) is 2.